The third-order valence-corrected chi connectivity index (χ3v) is 3.70. The molecular weight excluding hydrogens is 296 g/mol. The number of hydrogen-bond donors (Lipinski definition) is 1. The molecule has 0 unspecified atom stereocenters. The number of fused-ring (bicyclic) bond motifs is 1. The highest BCUT2D eigenvalue weighted by atomic mass is 32.1. The van der Waals surface area contributed by atoms with Crippen molar-refractivity contribution in [2.24, 2.45) is 0 Å². The van der Waals surface area contributed by atoms with E-state index in [0.29, 0.717) is 4.83 Å². The fraction of sp³-hybridized carbons (Fsp3) is 0.385. The number of nitrogens with zero attached hydrogens (tertiary/aromatic N) is 2. The van der Waals surface area contributed by atoms with Crippen LogP contribution in [0.5, 0.6) is 0 Å². The largest absolute Gasteiger partial charge is 0.480 e. The Kier molecular flexibility index (Phi) is 4.69. The van der Waals surface area contributed by atoms with Crippen LogP contribution in [0.25, 0.3) is 10.2 Å². The Morgan fingerprint density at radius 3 is 2.90 bits per heavy atom. The van der Waals surface area contributed by atoms with Gasteiger partial charge in [-0.05, 0) is 6.42 Å². The summed E-state index contributed by atoms with van der Waals surface area (Å²) < 4.78 is 6.04. The van der Waals surface area contributed by atoms with Crippen molar-refractivity contribution in [3.05, 3.63) is 27.6 Å². The standard InChI is InChI=1S/C13H14N2O5S/c1-2-3-4-20-13(19)8-6-21-11-10(8)12(18)15(7-14-11)5-9(16)17/h6-7H,2-5H2,1H3,(H,16,17). The normalized spacial score (nSPS) is 10.7. The summed E-state index contributed by atoms with van der Waals surface area (Å²) in [5.41, 5.74) is -0.408. The molecule has 0 spiro atoms. The zero-order chi connectivity index (χ0) is 15.4. The third-order valence-electron chi connectivity index (χ3n) is 2.82. The molecule has 0 saturated carbocycles. The molecule has 2 heterocycles. The predicted octanol–water partition coefficient (Wildman–Crippen LogP) is 1.50. The molecule has 0 saturated heterocycles. The minimum Gasteiger partial charge on any atom is -0.480 e. The molecule has 112 valence electrons. The third kappa shape index (κ3) is 3.27. The minimum atomic E-state index is -1.15. The van der Waals surface area contributed by atoms with Crippen LogP contribution in [0.15, 0.2) is 16.5 Å². The number of ether oxygens (including phenoxy) is 1. The minimum absolute atomic E-state index is 0.116. The van der Waals surface area contributed by atoms with Crippen LogP contribution < -0.4 is 5.56 Å². The Hall–Kier alpha value is -2.22. The molecular formula is C13H14N2O5S. The van der Waals surface area contributed by atoms with Gasteiger partial charge < -0.3 is 9.84 Å². The molecule has 0 aliphatic carbocycles. The van der Waals surface area contributed by atoms with Crippen molar-refractivity contribution >= 4 is 33.5 Å². The predicted molar refractivity (Wildman–Crippen MR) is 76.7 cm³/mol. The Labute approximate surface area is 123 Å². The van der Waals surface area contributed by atoms with Crippen molar-refractivity contribution in [1.82, 2.24) is 9.55 Å². The van der Waals surface area contributed by atoms with Gasteiger partial charge in [-0.25, -0.2) is 9.78 Å². The van der Waals surface area contributed by atoms with E-state index in [1.807, 2.05) is 6.92 Å². The molecule has 0 atom stereocenters. The lowest BCUT2D eigenvalue weighted by Crippen LogP contribution is -2.25. The number of unbranched alkanes of at least 4 members (excludes halogenated alkanes) is 1. The van der Waals surface area contributed by atoms with Crippen molar-refractivity contribution in [3.8, 4) is 0 Å². The lowest BCUT2D eigenvalue weighted by molar-refractivity contribution is -0.137. The van der Waals surface area contributed by atoms with Crippen LogP contribution in [0.2, 0.25) is 0 Å². The van der Waals surface area contributed by atoms with Gasteiger partial charge in [0.1, 0.15) is 11.4 Å². The van der Waals surface area contributed by atoms with Crippen LogP contribution in [-0.2, 0) is 16.1 Å². The maximum atomic E-state index is 12.2. The lowest BCUT2D eigenvalue weighted by Gasteiger charge is -2.04. The fourth-order valence-electron chi connectivity index (χ4n) is 1.76. The van der Waals surface area contributed by atoms with Crippen molar-refractivity contribution in [1.29, 1.82) is 0 Å². The van der Waals surface area contributed by atoms with Crippen molar-refractivity contribution in [2.45, 2.75) is 26.3 Å². The smallest absolute Gasteiger partial charge is 0.339 e. The molecule has 0 bridgehead atoms. The highest BCUT2D eigenvalue weighted by molar-refractivity contribution is 7.17. The molecule has 8 heteroatoms. The summed E-state index contributed by atoms with van der Waals surface area (Å²) in [5, 5.41) is 10.4. The van der Waals surface area contributed by atoms with E-state index in [1.54, 1.807) is 0 Å². The van der Waals surface area contributed by atoms with Gasteiger partial charge in [0.2, 0.25) is 0 Å². The number of carbonyl (C=O) groups is 2. The molecule has 2 aromatic heterocycles. The summed E-state index contributed by atoms with van der Waals surface area (Å²) in [7, 11) is 0. The highest BCUT2D eigenvalue weighted by Gasteiger charge is 2.19. The quantitative estimate of drug-likeness (QED) is 0.641. The summed E-state index contributed by atoms with van der Waals surface area (Å²) in [5.74, 6) is -1.73. The van der Waals surface area contributed by atoms with E-state index in [-0.39, 0.29) is 17.6 Å². The van der Waals surface area contributed by atoms with E-state index in [0.717, 1.165) is 28.7 Å². The van der Waals surface area contributed by atoms with Gasteiger partial charge in [-0.3, -0.25) is 14.2 Å². The van der Waals surface area contributed by atoms with E-state index < -0.39 is 24.0 Å². The second-order valence-electron chi connectivity index (χ2n) is 4.39. The second kappa shape index (κ2) is 6.49. The molecule has 0 fully saturated rings. The number of carboxylic acids is 1. The van der Waals surface area contributed by atoms with Gasteiger partial charge in [0.05, 0.1) is 23.9 Å². The monoisotopic (exact) mass is 310 g/mol. The first-order valence-corrected chi connectivity index (χ1v) is 7.28. The molecule has 0 aromatic carbocycles. The number of rotatable bonds is 6. The number of aromatic nitrogens is 2. The van der Waals surface area contributed by atoms with Gasteiger partial charge in [0, 0.05) is 5.38 Å². The molecule has 0 aliphatic heterocycles. The van der Waals surface area contributed by atoms with Crippen LogP contribution in [0, 0.1) is 0 Å². The summed E-state index contributed by atoms with van der Waals surface area (Å²) >= 11 is 1.15. The Bertz CT molecular complexity index is 734. The Balaban J connectivity index is 2.39. The maximum absolute atomic E-state index is 12.2. The number of aliphatic carboxylic acids is 1. The fourth-order valence-corrected chi connectivity index (χ4v) is 2.63. The van der Waals surface area contributed by atoms with E-state index >= 15 is 0 Å². The average Bonchev–Trinajstić information content (AvgIpc) is 2.86. The van der Waals surface area contributed by atoms with Crippen LogP contribution >= 0.6 is 11.3 Å². The summed E-state index contributed by atoms with van der Waals surface area (Å²) in [6.07, 6.45) is 2.81. The summed E-state index contributed by atoms with van der Waals surface area (Å²) in [6, 6.07) is 0. The molecule has 0 aliphatic rings. The van der Waals surface area contributed by atoms with E-state index in [1.165, 1.54) is 11.7 Å². The number of carboxylic acid groups (broad SMARTS) is 1. The molecule has 2 aromatic rings. The zero-order valence-corrected chi connectivity index (χ0v) is 12.2. The lowest BCUT2D eigenvalue weighted by atomic mass is 10.2. The molecule has 7 nitrogen and oxygen atoms in total. The number of hydrogen-bond acceptors (Lipinski definition) is 6. The molecule has 21 heavy (non-hydrogen) atoms. The topological polar surface area (TPSA) is 98.5 Å². The van der Waals surface area contributed by atoms with Gasteiger partial charge in [0.25, 0.3) is 5.56 Å². The first kappa shape index (κ1) is 15.2. The van der Waals surface area contributed by atoms with Gasteiger partial charge >= 0.3 is 11.9 Å². The Morgan fingerprint density at radius 1 is 1.48 bits per heavy atom. The SMILES string of the molecule is CCCCOC(=O)c1csc2ncn(CC(=O)O)c(=O)c12. The molecule has 0 radical (unpaired) electrons. The van der Waals surface area contributed by atoms with E-state index in [4.69, 9.17) is 9.84 Å². The van der Waals surface area contributed by atoms with Gasteiger partial charge in [-0.2, -0.15) is 0 Å². The molecule has 2 rings (SSSR count). The molecule has 0 amide bonds. The van der Waals surface area contributed by atoms with Crippen LogP contribution in [0.4, 0.5) is 0 Å². The van der Waals surface area contributed by atoms with Gasteiger partial charge in [0.15, 0.2) is 0 Å². The zero-order valence-electron chi connectivity index (χ0n) is 11.4. The first-order chi connectivity index (χ1) is 10.0. The second-order valence-corrected chi connectivity index (χ2v) is 5.25. The van der Waals surface area contributed by atoms with Crippen molar-refractivity contribution in [3.63, 3.8) is 0 Å². The van der Waals surface area contributed by atoms with E-state index in [2.05, 4.69) is 4.98 Å². The summed E-state index contributed by atoms with van der Waals surface area (Å²) in [4.78, 5) is 39.3. The van der Waals surface area contributed by atoms with Crippen molar-refractivity contribution in [2.75, 3.05) is 6.61 Å². The van der Waals surface area contributed by atoms with Gasteiger partial charge in [-0.15, -0.1) is 11.3 Å². The Morgan fingerprint density at radius 2 is 2.24 bits per heavy atom. The maximum Gasteiger partial charge on any atom is 0.339 e. The average molecular weight is 310 g/mol. The van der Waals surface area contributed by atoms with Crippen LogP contribution in [-0.4, -0.2) is 33.2 Å². The number of thiophene rings is 1. The number of carbonyl (C=O) groups excluding carboxylic acids is 1. The van der Waals surface area contributed by atoms with Crippen LogP contribution in [0.3, 0.4) is 0 Å². The van der Waals surface area contributed by atoms with Crippen LogP contribution in [0.1, 0.15) is 30.1 Å². The highest BCUT2D eigenvalue weighted by Crippen LogP contribution is 2.21. The van der Waals surface area contributed by atoms with Crippen molar-refractivity contribution < 1.29 is 19.4 Å². The van der Waals surface area contributed by atoms with E-state index in [9.17, 15) is 14.4 Å². The first-order valence-electron chi connectivity index (χ1n) is 6.40. The number of esters is 1. The van der Waals surface area contributed by atoms with Gasteiger partial charge in [-0.1, -0.05) is 13.3 Å². The molecule has 1 N–H and O–H groups in total. The summed E-state index contributed by atoms with van der Waals surface area (Å²) in [6.45, 7) is 1.76.